The van der Waals surface area contributed by atoms with E-state index in [1.165, 1.54) is 6.92 Å². The maximum Gasteiger partial charge on any atom is 0.364 e. The Morgan fingerprint density at radius 3 is 1.52 bits per heavy atom. The number of aliphatic carboxylic acids is 1. The van der Waals surface area contributed by atoms with E-state index < -0.39 is 285 Å². The molecule has 0 bridgehead atoms. The minimum Gasteiger partial charge on any atom is -0.477 e. The number of rotatable bonds is 24. The molecule has 0 aromatic rings. The van der Waals surface area contributed by atoms with Gasteiger partial charge in [-0.05, 0) is 0 Å². The Bertz CT molecular complexity index is 2180. The van der Waals surface area contributed by atoms with E-state index in [1.807, 2.05) is 0 Å². The molecule has 1 amide bonds. The molecule has 512 valence electrons. The van der Waals surface area contributed by atoms with Gasteiger partial charge in [-0.1, -0.05) is 6.92 Å². The molecule has 23 N–H and O–H groups in total. The second-order valence-electron chi connectivity index (χ2n) is 22.3. The van der Waals surface area contributed by atoms with Crippen molar-refractivity contribution in [3.63, 3.8) is 0 Å². The SMILES string of the molecule is COC1C(CO)OC(OC2C(O)C(COC3OC(CO)C(O)C(O)C3O)OC(OC3C(CO)OC(OC4C(O)C(CO)OC(OC5C(O)OC(CO)C(O)C5OC5(C(=O)O)CC(O)C(C)C(C(O)[C@@H](O)CO)O5)C4O)C(O)C3O)C2O)C(NC(C)=O)C1O. The van der Waals surface area contributed by atoms with Crippen molar-refractivity contribution in [2.45, 2.75) is 235 Å². The lowest BCUT2D eigenvalue weighted by Gasteiger charge is -2.51. The molecule has 7 aliphatic rings. The van der Waals surface area contributed by atoms with Crippen LogP contribution < -0.4 is 5.32 Å². The third-order valence-electron chi connectivity index (χ3n) is 16.5. The lowest BCUT2D eigenvalue weighted by atomic mass is 9.84. The summed E-state index contributed by atoms with van der Waals surface area (Å²) in [5.41, 5.74) is 0. The van der Waals surface area contributed by atoms with Crippen molar-refractivity contribution in [1.29, 1.82) is 0 Å². The lowest BCUT2D eigenvalue weighted by molar-refractivity contribution is -0.406. The van der Waals surface area contributed by atoms with Crippen LogP contribution in [0.15, 0.2) is 0 Å². The smallest absolute Gasteiger partial charge is 0.364 e. The number of carboxylic acids is 1. The number of aliphatic hydroxyl groups excluding tert-OH is 21. The molecule has 0 saturated carbocycles. The highest BCUT2D eigenvalue weighted by molar-refractivity contribution is 5.76. The maximum absolute atomic E-state index is 13.1. The van der Waals surface area contributed by atoms with Crippen LogP contribution in [-0.2, 0) is 75.9 Å². The van der Waals surface area contributed by atoms with Crippen molar-refractivity contribution in [2.75, 3.05) is 53.4 Å². The number of nitrogens with one attached hydrogen (secondary N) is 1. The van der Waals surface area contributed by atoms with Crippen molar-refractivity contribution in [3.8, 4) is 0 Å². The molecule has 0 spiro atoms. The second kappa shape index (κ2) is 31.2. The minimum absolute atomic E-state index is 0.757. The molecule has 39 heteroatoms. The maximum atomic E-state index is 13.1. The zero-order chi connectivity index (χ0) is 65.1. The number of carboxylic acid groups (broad SMARTS) is 1. The van der Waals surface area contributed by atoms with Crippen molar-refractivity contribution in [2.24, 2.45) is 5.92 Å². The molecular weight excluding hydrogens is 1210 g/mol. The van der Waals surface area contributed by atoms with Gasteiger partial charge in [-0.25, -0.2) is 4.79 Å². The molecular formula is C49H83NO38. The second-order valence-corrected chi connectivity index (χ2v) is 22.3. The Labute approximate surface area is 498 Å². The first kappa shape index (κ1) is 73.0. The molecule has 36 atom stereocenters. The van der Waals surface area contributed by atoms with Gasteiger partial charge >= 0.3 is 5.97 Å². The standard InChI is InChI=1S/C49H83NO38/c1-12-14(58)4-49(48(73)74,87-35(12)23(60)15(59)5-51)88-40-26(63)17(7-53)77-42(72)41(40)86-46-33(70)38(25(62)18(8-54)79-46)85-45-32(69)30(67)37(20(10-56)81-45)83-47-34(71)39(84-43-22(50-13(2)57)28(65)36(75-3)19(9-55)80-43)27(64)21(82-47)11-76-44-31(68)29(66)24(61)16(6-52)78-44/h12,14-47,51-56,58-72H,4-11H2,1-3H3,(H,50,57)(H,73,74)/t12?,14?,15-,16?,17?,18?,19?,20?,21?,22?,23?,24?,25?,26?,27?,28?,29?,30?,31?,32?,33?,34?,35?,36?,37?,38?,39?,40?,41?,42?,43?,44?,45?,46?,47?,49?/m0/s1. The Morgan fingerprint density at radius 2 is 0.966 bits per heavy atom. The highest BCUT2D eigenvalue weighted by atomic mass is 16.8. The summed E-state index contributed by atoms with van der Waals surface area (Å²) in [5, 5.41) is 241. The van der Waals surface area contributed by atoms with Crippen LogP contribution in [0.4, 0.5) is 0 Å². The van der Waals surface area contributed by atoms with E-state index >= 15 is 0 Å². The van der Waals surface area contributed by atoms with E-state index in [4.69, 9.17) is 66.3 Å². The topological polar surface area (TPSA) is 620 Å². The summed E-state index contributed by atoms with van der Waals surface area (Å²) in [7, 11) is 1.16. The number of methoxy groups -OCH3 is 1. The Hall–Kier alpha value is -2.46. The van der Waals surface area contributed by atoms with E-state index in [0.717, 1.165) is 14.0 Å². The highest BCUT2D eigenvalue weighted by Gasteiger charge is 2.61. The average molecular weight is 1290 g/mol. The van der Waals surface area contributed by atoms with Gasteiger partial charge in [0.25, 0.3) is 5.79 Å². The molecule has 39 nitrogen and oxygen atoms in total. The van der Waals surface area contributed by atoms with Crippen LogP contribution in [0.25, 0.3) is 0 Å². The summed E-state index contributed by atoms with van der Waals surface area (Å²) in [4.78, 5) is 25.4. The Kier molecular flexibility index (Phi) is 25.9. The Morgan fingerprint density at radius 1 is 0.511 bits per heavy atom. The van der Waals surface area contributed by atoms with Gasteiger partial charge in [0.05, 0.1) is 58.5 Å². The first-order valence-corrected chi connectivity index (χ1v) is 28.0. The van der Waals surface area contributed by atoms with E-state index in [0.29, 0.717) is 0 Å². The first-order valence-electron chi connectivity index (χ1n) is 28.0. The van der Waals surface area contributed by atoms with Crippen LogP contribution in [0.5, 0.6) is 0 Å². The monoisotopic (exact) mass is 1290 g/mol. The third-order valence-corrected chi connectivity index (χ3v) is 16.5. The van der Waals surface area contributed by atoms with Gasteiger partial charge in [-0.15, -0.1) is 0 Å². The molecule has 35 unspecified atom stereocenters. The molecule has 7 fully saturated rings. The summed E-state index contributed by atoms with van der Waals surface area (Å²) < 4.78 is 79.7. The largest absolute Gasteiger partial charge is 0.477 e. The van der Waals surface area contributed by atoms with Crippen LogP contribution in [0, 0.1) is 5.92 Å². The fourth-order valence-corrected chi connectivity index (χ4v) is 11.4. The first-order chi connectivity index (χ1) is 41.6. The van der Waals surface area contributed by atoms with E-state index in [1.54, 1.807) is 0 Å². The number of carbonyl (C=O) groups excluding carboxylic acids is 1. The molecule has 88 heavy (non-hydrogen) atoms. The summed E-state index contributed by atoms with van der Waals surface area (Å²) in [6, 6.07) is -1.57. The fourth-order valence-electron chi connectivity index (χ4n) is 11.4. The van der Waals surface area contributed by atoms with Crippen LogP contribution in [0.1, 0.15) is 20.3 Å². The van der Waals surface area contributed by atoms with Crippen molar-refractivity contribution in [3.05, 3.63) is 0 Å². The Balaban J connectivity index is 1.12. The molecule has 7 saturated heterocycles. The van der Waals surface area contributed by atoms with E-state index in [-0.39, 0.29) is 0 Å². The van der Waals surface area contributed by atoms with Crippen molar-refractivity contribution in [1.82, 2.24) is 5.32 Å². The summed E-state index contributed by atoms with van der Waals surface area (Å²) >= 11 is 0. The normalized spacial score (nSPS) is 49.4. The average Bonchev–Trinajstić information content (AvgIpc) is 1.23. The number of hydrogen-bond acceptors (Lipinski definition) is 37. The van der Waals surface area contributed by atoms with Crippen LogP contribution in [-0.4, -0.2) is 392 Å². The number of aliphatic hydroxyl groups is 21. The van der Waals surface area contributed by atoms with E-state index in [2.05, 4.69) is 5.32 Å². The number of hydrogen-bond donors (Lipinski definition) is 23. The van der Waals surface area contributed by atoms with Gasteiger partial charge in [0.15, 0.2) is 37.7 Å². The molecule has 0 aliphatic carbocycles. The van der Waals surface area contributed by atoms with Crippen molar-refractivity contribution < 1.29 is 188 Å². The minimum atomic E-state index is -3.11. The van der Waals surface area contributed by atoms with Crippen molar-refractivity contribution >= 4 is 11.9 Å². The van der Waals surface area contributed by atoms with Gasteiger partial charge in [0, 0.05) is 26.4 Å². The molecule has 7 heterocycles. The zero-order valence-electron chi connectivity index (χ0n) is 47.2. The van der Waals surface area contributed by atoms with Gasteiger partial charge in [0.1, 0.15) is 159 Å². The highest BCUT2D eigenvalue weighted by Crippen LogP contribution is 2.42. The van der Waals surface area contributed by atoms with Gasteiger partial charge in [-0.2, -0.15) is 0 Å². The molecule has 0 radical (unpaired) electrons. The van der Waals surface area contributed by atoms with Crippen LogP contribution >= 0.6 is 0 Å². The molecule has 0 aromatic heterocycles. The fraction of sp³-hybridized carbons (Fsp3) is 0.959. The van der Waals surface area contributed by atoms with Gasteiger partial charge < -0.3 is 184 Å². The molecule has 7 aliphatic heterocycles. The van der Waals surface area contributed by atoms with Gasteiger partial charge in [0.2, 0.25) is 5.91 Å². The van der Waals surface area contributed by atoms with Gasteiger partial charge in [-0.3, -0.25) is 4.79 Å². The number of carbonyl (C=O) groups is 2. The predicted molar refractivity (Wildman–Crippen MR) is 269 cm³/mol. The predicted octanol–water partition coefficient (Wildman–Crippen LogP) is -15.0. The number of amides is 1. The summed E-state index contributed by atoms with van der Waals surface area (Å²) in [6.07, 6.45) is -67.3. The van der Waals surface area contributed by atoms with Crippen LogP contribution in [0.2, 0.25) is 0 Å². The molecule has 7 rings (SSSR count). The van der Waals surface area contributed by atoms with Crippen LogP contribution in [0.3, 0.4) is 0 Å². The molecule has 0 aromatic carbocycles. The zero-order valence-corrected chi connectivity index (χ0v) is 47.2. The lowest BCUT2D eigenvalue weighted by Crippen LogP contribution is -2.69. The third kappa shape index (κ3) is 15.2. The summed E-state index contributed by atoms with van der Waals surface area (Å²) in [5.74, 6) is -7.06. The van der Waals surface area contributed by atoms with E-state index in [9.17, 15) is 122 Å². The summed E-state index contributed by atoms with van der Waals surface area (Å²) in [6.45, 7) is -4.72. The quantitative estimate of drug-likeness (QED) is 0.0427. The number of ether oxygens (including phenoxy) is 14.